The summed E-state index contributed by atoms with van der Waals surface area (Å²) < 4.78 is 39.5. The van der Waals surface area contributed by atoms with Gasteiger partial charge in [0, 0.05) is 22.6 Å². The first-order valence-corrected chi connectivity index (χ1v) is 10.6. The Morgan fingerprint density at radius 1 is 1.16 bits per heavy atom. The molecule has 1 heterocycles. The van der Waals surface area contributed by atoms with E-state index in [1.165, 1.54) is 23.9 Å². The zero-order chi connectivity index (χ0) is 22.3. The van der Waals surface area contributed by atoms with E-state index >= 15 is 0 Å². The fourth-order valence-electron chi connectivity index (χ4n) is 3.95. The van der Waals surface area contributed by atoms with Crippen LogP contribution < -0.4 is 10.2 Å². The molecule has 0 aromatic heterocycles. The number of allylic oxidation sites excluding steroid dienone is 1. The monoisotopic (exact) mass is 443 g/mol. The SMILES string of the molecule is CSc1cc(C#N)ccc1[C@H]1NC(=O)N(c2cccc(C(F)(F)F)c2)C2=C1C(=O)CC2. The van der Waals surface area contributed by atoms with Crippen molar-refractivity contribution in [3.05, 3.63) is 70.4 Å². The summed E-state index contributed by atoms with van der Waals surface area (Å²) in [5.74, 6) is -0.159. The van der Waals surface area contributed by atoms with E-state index in [1.807, 2.05) is 6.26 Å². The zero-order valence-corrected chi connectivity index (χ0v) is 17.1. The van der Waals surface area contributed by atoms with Gasteiger partial charge in [0.25, 0.3) is 0 Å². The summed E-state index contributed by atoms with van der Waals surface area (Å²) in [5.41, 5.74) is 1.09. The summed E-state index contributed by atoms with van der Waals surface area (Å²) >= 11 is 1.38. The Labute approximate surface area is 180 Å². The Morgan fingerprint density at radius 2 is 1.94 bits per heavy atom. The lowest BCUT2D eigenvalue weighted by Gasteiger charge is -2.35. The van der Waals surface area contributed by atoms with Gasteiger partial charge in [-0.15, -0.1) is 11.8 Å². The molecule has 0 fully saturated rings. The van der Waals surface area contributed by atoms with Crippen molar-refractivity contribution in [3.63, 3.8) is 0 Å². The molecule has 31 heavy (non-hydrogen) atoms. The zero-order valence-electron chi connectivity index (χ0n) is 16.3. The minimum absolute atomic E-state index is 0.0536. The molecule has 0 bridgehead atoms. The largest absolute Gasteiger partial charge is 0.416 e. The number of Topliss-reactive ketones (excluding diaryl/α,β-unsaturated/α-hetero) is 1. The van der Waals surface area contributed by atoms with Gasteiger partial charge in [-0.3, -0.25) is 9.69 Å². The van der Waals surface area contributed by atoms with Crippen LogP contribution in [0.4, 0.5) is 23.7 Å². The van der Waals surface area contributed by atoms with E-state index in [0.717, 1.165) is 21.9 Å². The van der Waals surface area contributed by atoms with Crippen molar-refractivity contribution in [1.29, 1.82) is 5.26 Å². The number of nitriles is 1. The number of carbonyl (C=O) groups is 2. The second kappa shape index (κ2) is 7.78. The topological polar surface area (TPSA) is 73.2 Å². The lowest BCUT2D eigenvalue weighted by atomic mass is 9.94. The van der Waals surface area contributed by atoms with Crippen LogP contribution in [0.3, 0.4) is 0 Å². The highest BCUT2D eigenvalue weighted by Gasteiger charge is 2.42. The number of halogens is 3. The average Bonchev–Trinajstić information content (AvgIpc) is 3.13. The van der Waals surface area contributed by atoms with Crippen LogP contribution in [0, 0.1) is 11.3 Å². The molecule has 1 aliphatic carbocycles. The van der Waals surface area contributed by atoms with Crippen LogP contribution in [0.15, 0.2) is 58.6 Å². The molecule has 2 aromatic rings. The second-order valence-corrected chi connectivity index (χ2v) is 7.97. The molecule has 4 rings (SSSR count). The van der Waals surface area contributed by atoms with Crippen LogP contribution in [0.5, 0.6) is 0 Å². The van der Waals surface area contributed by atoms with Crippen molar-refractivity contribution in [2.24, 2.45) is 0 Å². The summed E-state index contributed by atoms with van der Waals surface area (Å²) in [4.78, 5) is 27.7. The van der Waals surface area contributed by atoms with Gasteiger partial charge in [0.2, 0.25) is 0 Å². The van der Waals surface area contributed by atoms with E-state index in [4.69, 9.17) is 5.26 Å². The summed E-state index contributed by atoms with van der Waals surface area (Å²) in [6, 6.07) is 10.2. The summed E-state index contributed by atoms with van der Waals surface area (Å²) in [7, 11) is 0. The van der Waals surface area contributed by atoms with Gasteiger partial charge in [-0.25, -0.2) is 4.79 Å². The average molecular weight is 443 g/mol. The summed E-state index contributed by atoms with van der Waals surface area (Å²) in [6.07, 6.45) is -2.29. The number of carbonyl (C=O) groups excluding carboxylic acids is 2. The molecule has 158 valence electrons. The number of urea groups is 1. The van der Waals surface area contributed by atoms with E-state index in [9.17, 15) is 22.8 Å². The van der Waals surface area contributed by atoms with Gasteiger partial charge in [0.05, 0.1) is 28.9 Å². The Balaban J connectivity index is 1.84. The van der Waals surface area contributed by atoms with Gasteiger partial charge in [0.1, 0.15) is 0 Å². The molecule has 2 aliphatic rings. The van der Waals surface area contributed by atoms with Gasteiger partial charge in [-0.05, 0) is 48.6 Å². The third-order valence-corrected chi connectivity index (χ3v) is 6.13. The molecule has 9 heteroatoms. The number of benzene rings is 2. The number of nitrogens with one attached hydrogen (secondary N) is 1. The normalized spacial score (nSPS) is 18.7. The first kappa shape index (κ1) is 21.0. The number of nitrogens with zero attached hydrogens (tertiary/aromatic N) is 2. The molecular formula is C22H16F3N3O2S. The quantitative estimate of drug-likeness (QED) is 0.663. The van der Waals surface area contributed by atoms with Crippen molar-refractivity contribution in [1.82, 2.24) is 5.32 Å². The minimum atomic E-state index is -4.55. The molecule has 0 saturated carbocycles. The third-order valence-electron chi connectivity index (χ3n) is 5.33. The maximum absolute atomic E-state index is 13.2. The highest BCUT2D eigenvalue weighted by Crippen LogP contribution is 2.43. The highest BCUT2D eigenvalue weighted by atomic mass is 32.2. The number of rotatable bonds is 3. The molecule has 0 unspecified atom stereocenters. The van der Waals surface area contributed by atoms with Crippen LogP contribution in [-0.4, -0.2) is 18.1 Å². The predicted octanol–water partition coefficient (Wildman–Crippen LogP) is 5.19. The van der Waals surface area contributed by atoms with Crippen LogP contribution >= 0.6 is 11.8 Å². The van der Waals surface area contributed by atoms with E-state index in [2.05, 4.69) is 11.4 Å². The van der Waals surface area contributed by atoms with Gasteiger partial charge < -0.3 is 5.32 Å². The molecular weight excluding hydrogens is 427 g/mol. The van der Waals surface area contributed by atoms with Crippen LogP contribution in [0.2, 0.25) is 0 Å². The molecule has 0 spiro atoms. The first-order valence-electron chi connectivity index (χ1n) is 9.36. The van der Waals surface area contributed by atoms with Crippen molar-refractivity contribution >= 4 is 29.3 Å². The summed E-state index contributed by atoms with van der Waals surface area (Å²) in [5, 5.41) is 11.9. The van der Waals surface area contributed by atoms with E-state index in [-0.39, 0.29) is 24.3 Å². The van der Waals surface area contributed by atoms with Gasteiger partial charge >= 0.3 is 12.2 Å². The Kier molecular flexibility index (Phi) is 5.27. The number of ketones is 1. The maximum Gasteiger partial charge on any atom is 0.416 e. The standard InChI is InChI=1S/C22H16F3N3O2S/c1-31-18-9-12(11-26)5-6-15(18)20-19-16(7-8-17(19)29)28(21(30)27-20)14-4-2-3-13(10-14)22(23,24)25/h2-6,9-10,20H,7-8H2,1H3,(H,27,30)/t20-/m1/s1. The van der Waals surface area contributed by atoms with Crippen molar-refractivity contribution in [2.45, 2.75) is 30.0 Å². The Bertz CT molecular complexity index is 1170. The second-order valence-electron chi connectivity index (χ2n) is 7.12. The molecule has 0 saturated heterocycles. The van der Waals surface area contributed by atoms with Gasteiger partial charge in [-0.1, -0.05) is 12.1 Å². The number of alkyl halides is 3. The lowest BCUT2D eigenvalue weighted by molar-refractivity contribution is -0.137. The Morgan fingerprint density at radius 3 is 2.61 bits per heavy atom. The van der Waals surface area contributed by atoms with Crippen molar-refractivity contribution in [2.75, 3.05) is 11.2 Å². The molecule has 0 radical (unpaired) electrons. The summed E-state index contributed by atoms with van der Waals surface area (Å²) in [6.45, 7) is 0. The van der Waals surface area contributed by atoms with E-state index < -0.39 is 23.8 Å². The minimum Gasteiger partial charge on any atom is -0.326 e. The molecule has 5 nitrogen and oxygen atoms in total. The number of thioether (sulfide) groups is 1. The van der Waals surface area contributed by atoms with Crippen LogP contribution in [-0.2, 0) is 11.0 Å². The smallest absolute Gasteiger partial charge is 0.326 e. The molecule has 1 atom stereocenters. The molecule has 2 aromatic carbocycles. The van der Waals surface area contributed by atoms with Crippen LogP contribution in [0.25, 0.3) is 0 Å². The van der Waals surface area contributed by atoms with Crippen molar-refractivity contribution in [3.8, 4) is 6.07 Å². The van der Waals surface area contributed by atoms with E-state index in [0.29, 0.717) is 22.4 Å². The van der Waals surface area contributed by atoms with Crippen molar-refractivity contribution < 1.29 is 22.8 Å². The number of hydrogen-bond donors (Lipinski definition) is 1. The Hall–Kier alpha value is -3.25. The van der Waals surface area contributed by atoms with Gasteiger partial charge in [-0.2, -0.15) is 18.4 Å². The van der Waals surface area contributed by atoms with Crippen LogP contribution in [0.1, 0.15) is 35.6 Å². The first-order chi connectivity index (χ1) is 14.7. The maximum atomic E-state index is 13.2. The fraction of sp³-hybridized carbons (Fsp3) is 0.227. The molecule has 1 aliphatic heterocycles. The molecule has 2 amide bonds. The predicted molar refractivity (Wildman–Crippen MR) is 109 cm³/mol. The number of anilines is 1. The van der Waals surface area contributed by atoms with Gasteiger partial charge in [0.15, 0.2) is 5.78 Å². The highest BCUT2D eigenvalue weighted by molar-refractivity contribution is 7.98. The van der Waals surface area contributed by atoms with E-state index in [1.54, 1.807) is 18.2 Å². The number of hydrogen-bond acceptors (Lipinski definition) is 4. The number of amides is 2. The lowest BCUT2D eigenvalue weighted by Crippen LogP contribution is -2.47. The third kappa shape index (κ3) is 3.68. The fourth-order valence-corrected chi connectivity index (χ4v) is 4.62. The molecule has 1 N–H and O–H groups in total.